The molecule has 0 unspecified atom stereocenters. The Kier molecular flexibility index (Phi) is 7.46. The molecule has 0 fully saturated rings. The minimum atomic E-state index is -3.64. The van der Waals surface area contributed by atoms with Crippen molar-refractivity contribution >= 4 is 33.2 Å². The van der Waals surface area contributed by atoms with Crippen LogP contribution in [0.4, 0.5) is 5.69 Å². The van der Waals surface area contributed by atoms with Gasteiger partial charge < -0.3 is 10.2 Å². The molecule has 2 rings (SSSR count). The second-order valence-corrected chi connectivity index (χ2v) is 9.16. The highest BCUT2D eigenvalue weighted by molar-refractivity contribution is 7.89. The van der Waals surface area contributed by atoms with E-state index in [1.165, 1.54) is 37.9 Å². The third-order valence-corrected chi connectivity index (χ3v) is 6.52. The second kappa shape index (κ2) is 9.41. The molecule has 0 radical (unpaired) electrons. The van der Waals surface area contributed by atoms with Gasteiger partial charge in [0, 0.05) is 39.4 Å². The summed E-state index contributed by atoms with van der Waals surface area (Å²) in [4.78, 5) is 14.7. The van der Waals surface area contributed by atoms with Crippen molar-refractivity contribution in [2.45, 2.75) is 18.7 Å². The van der Waals surface area contributed by atoms with E-state index >= 15 is 0 Å². The molecule has 1 amide bonds. The van der Waals surface area contributed by atoms with Gasteiger partial charge in [0.2, 0.25) is 10.0 Å². The number of carbonyl (C=O) groups is 1. The molecule has 0 saturated carbocycles. The maximum absolute atomic E-state index is 12.6. The molecule has 0 aliphatic heterocycles. The van der Waals surface area contributed by atoms with E-state index in [1.807, 2.05) is 25.1 Å². The normalized spacial score (nSPS) is 11.5. The smallest absolute Gasteiger partial charge is 0.252 e. The van der Waals surface area contributed by atoms with Gasteiger partial charge in [-0.1, -0.05) is 23.7 Å². The fourth-order valence-electron chi connectivity index (χ4n) is 2.74. The van der Waals surface area contributed by atoms with E-state index in [9.17, 15) is 13.2 Å². The molecule has 0 spiro atoms. The Bertz CT molecular complexity index is 945. The van der Waals surface area contributed by atoms with Crippen molar-refractivity contribution < 1.29 is 13.2 Å². The number of nitrogens with one attached hydrogen (secondary N) is 1. The lowest BCUT2D eigenvalue weighted by Gasteiger charge is -2.23. The van der Waals surface area contributed by atoms with Crippen molar-refractivity contribution in [3.05, 3.63) is 58.6 Å². The quantitative estimate of drug-likeness (QED) is 0.708. The fourth-order valence-corrected chi connectivity index (χ4v) is 3.88. The Hall–Kier alpha value is -2.09. The monoisotopic (exact) mass is 423 g/mol. The number of halogens is 1. The standard InChI is InChI=1S/C20H26ClN3O3S/c1-5-24(16-8-6-7-15(2)13-16)12-11-22-20(25)18-14-17(9-10-19(18)21)28(26,27)23(3)4/h6-10,13-14H,5,11-12H2,1-4H3,(H,22,25). The molecule has 8 heteroatoms. The number of hydrogen-bond acceptors (Lipinski definition) is 4. The fraction of sp³-hybridized carbons (Fsp3) is 0.350. The van der Waals surface area contributed by atoms with Crippen molar-refractivity contribution in [1.82, 2.24) is 9.62 Å². The van der Waals surface area contributed by atoms with Gasteiger partial charge in [-0.25, -0.2) is 12.7 Å². The molecule has 6 nitrogen and oxygen atoms in total. The van der Waals surface area contributed by atoms with E-state index < -0.39 is 15.9 Å². The van der Waals surface area contributed by atoms with E-state index in [2.05, 4.69) is 23.2 Å². The van der Waals surface area contributed by atoms with Crippen LogP contribution in [0.5, 0.6) is 0 Å². The van der Waals surface area contributed by atoms with Crippen LogP contribution in [-0.2, 0) is 10.0 Å². The predicted molar refractivity (Wildman–Crippen MR) is 114 cm³/mol. The van der Waals surface area contributed by atoms with Crippen LogP contribution in [-0.4, -0.2) is 52.4 Å². The van der Waals surface area contributed by atoms with Crippen molar-refractivity contribution in [2.24, 2.45) is 0 Å². The van der Waals surface area contributed by atoms with Gasteiger partial charge in [0.05, 0.1) is 15.5 Å². The van der Waals surface area contributed by atoms with Crippen molar-refractivity contribution in [3.8, 4) is 0 Å². The van der Waals surface area contributed by atoms with Crippen LogP contribution >= 0.6 is 11.6 Å². The average molecular weight is 424 g/mol. The molecule has 0 aromatic heterocycles. The molecule has 0 aliphatic carbocycles. The van der Waals surface area contributed by atoms with Gasteiger partial charge in [0.1, 0.15) is 0 Å². The molecule has 152 valence electrons. The summed E-state index contributed by atoms with van der Waals surface area (Å²) < 4.78 is 25.7. The van der Waals surface area contributed by atoms with E-state index in [4.69, 9.17) is 11.6 Å². The Morgan fingerprint density at radius 3 is 2.46 bits per heavy atom. The van der Waals surface area contributed by atoms with Crippen LogP contribution in [0.15, 0.2) is 47.4 Å². The maximum atomic E-state index is 12.6. The Balaban J connectivity index is 2.09. The Morgan fingerprint density at radius 1 is 1.14 bits per heavy atom. The number of aryl methyl sites for hydroxylation is 1. The van der Waals surface area contributed by atoms with Gasteiger partial charge in [-0.05, 0) is 49.7 Å². The molecule has 0 atom stereocenters. The first-order chi connectivity index (χ1) is 13.2. The van der Waals surface area contributed by atoms with Gasteiger partial charge in [0.25, 0.3) is 5.91 Å². The number of rotatable bonds is 8. The highest BCUT2D eigenvalue weighted by Crippen LogP contribution is 2.22. The summed E-state index contributed by atoms with van der Waals surface area (Å²) in [6.45, 7) is 5.92. The number of likely N-dealkylation sites (N-methyl/N-ethyl adjacent to an activating group) is 1. The molecule has 0 saturated heterocycles. The summed E-state index contributed by atoms with van der Waals surface area (Å²) >= 11 is 6.12. The highest BCUT2D eigenvalue weighted by atomic mass is 35.5. The number of benzene rings is 2. The molecule has 0 bridgehead atoms. The summed E-state index contributed by atoms with van der Waals surface area (Å²) in [7, 11) is -0.764. The third-order valence-electron chi connectivity index (χ3n) is 4.38. The lowest BCUT2D eigenvalue weighted by Crippen LogP contribution is -2.35. The summed E-state index contributed by atoms with van der Waals surface area (Å²) in [5.74, 6) is -0.402. The summed E-state index contributed by atoms with van der Waals surface area (Å²) in [6, 6.07) is 12.3. The average Bonchev–Trinajstić information content (AvgIpc) is 2.65. The second-order valence-electron chi connectivity index (χ2n) is 6.60. The third kappa shape index (κ3) is 5.25. The zero-order valence-corrected chi connectivity index (χ0v) is 18.1. The van der Waals surface area contributed by atoms with Crippen molar-refractivity contribution in [3.63, 3.8) is 0 Å². The highest BCUT2D eigenvalue weighted by Gasteiger charge is 2.20. The zero-order valence-electron chi connectivity index (χ0n) is 16.6. The van der Waals surface area contributed by atoms with Crippen molar-refractivity contribution in [2.75, 3.05) is 38.6 Å². The van der Waals surface area contributed by atoms with Gasteiger partial charge >= 0.3 is 0 Å². The molecule has 28 heavy (non-hydrogen) atoms. The predicted octanol–water partition coefficient (Wildman–Crippen LogP) is 3.16. The number of nitrogens with zero attached hydrogens (tertiary/aromatic N) is 2. The number of amides is 1. The molecular weight excluding hydrogens is 398 g/mol. The van der Waals surface area contributed by atoms with Crippen LogP contribution in [0.25, 0.3) is 0 Å². The first-order valence-corrected chi connectivity index (χ1v) is 10.8. The minimum Gasteiger partial charge on any atom is -0.370 e. The van der Waals surface area contributed by atoms with Gasteiger partial charge in [-0.3, -0.25) is 4.79 Å². The van der Waals surface area contributed by atoms with Crippen LogP contribution < -0.4 is 10.2 Å². The molecule has 0 aliphatic rings. The maximum Gasteiger partial charge on any atom is 0.252 e. The summed E-state index contributed by atoms with van der Waals surface area (Å²) in [6.07, 6.45) is 0. The van der Waals surface area contributed by atoms with Crippen LogP contribution in [0.3, 0.4) is 0 Å². The summed E-state index contributed by atoms with van der Waals surface area (Å²) in [5, 5.41) is 3.03. The van der Waals surface area contributed by atoms with E-state index in [-0.39, 0.29) is 15.5 Å². The molecule has 2 aromatic carbocycles. The van der Waals surface area contributed by atoms with Crippen LogP contribution in [0.2, 0.25) is 5.02 Å². The lowest BCUT2D eigenvalue weighted by molar-refractivity contribution is 0.0954. The molecular formula is C20H26ClN3O3S. The topological polar surface area (TPSA) is 69.7 Å². The summed E-state index contributed by atoms with van der Waals surface area (Å²) in [5.41, 5.74) is 2.41. The number of hydrogen-bond donors (Lipinski definition) is 1. The molecule has 0 heterocycles. The van der Waals surface area contributed by atoms with Gasteiger partial charge in [-0.2, -0.15) is 0 Å². The van der Waals surface area contributed by atoms with E-state index in [1.54, 1.807) is 0 Å². The minimum absolute atomic E-state index is 0.0296. The number of sulfonamides is 1. The van der Waals surface area contributed by atoms with Crippen LogP contribution in [0.1, 0.15) is 22.8 Å². The van der Waals surface area contributed by atoms with Gasteiger partial charge in [0.15, 0.2) is 0 Å². The van der Waals surface area contributed by atoms with E-state index in [0.29, 0.717) is 13.1 Å². The largest absolute Gasteiger partial charge is 0.370 e. The van der Waals surface area contributed by atoms with E-state index in [0.717, 1.165) is 16.5 Å². The SMILES string of the molecule is CCN(CCNC(=O)c1cc(S(=O)(=O)N(C)C)ccc1Cl)c1cccc(C)c1. The zero-order chi connectivity index (χ0) is 20.9. The Labute approximate surface area is 172 Å². The van der Waals surface area contributed by atoms with Crippen molar-refractivity contribution in [1.29, 1.82) is 0 Å². The van der Waals surface area contributed by atoms with Crippen LogP contribution in [0, 0.1) is 6.92 Å². The number of carbonyl (C=O) groups excluding carboxylic acids is 1. The lowest BCUT2D eigenvalue weighted by atomic mass is 10.2. The Morgan fingerprint density at radius 2 is 1.86 bits per heavy atom. The first-order valence-electron chi connectivity index (χ1n) is 8.98. The molecule has 2 aromatic rings. The first kappa shape index (κ1) is 22.2. The number of anilines is 1. The van der Waals surface area contributed by atoms with Gasteiger partial charge in [-0.15, -0.1) is 0 Å². The molecule has 1 N–H and O–H groups in total.